The summed E-state index contributed by atoms with van der Waals surface area (Å²) in [7, 11) is 4.76. The molecule has 0 unspecified atom stereocenters. The molecule has 684 valence electrons. The Hall–Kier alpha value is -12.4. The SMILES string of the molecule is C=C1C[C@@H](c2ncc(-c3ccc(-c4ccc5cc(-c6cnc([C@@H]7CC8(CC8)CN7C(=O)[C@@H](NC(=O)OC)C(C)C)[nH]6)ccc5c4)cc3)[nH]2)N(C(=O)[C@@H](NC(=O)OC)C(C)C)C1.C=C1C[C@@H](c2ncc(-c3ccc(Br)cc3)[nH]2)N(C(=O)[C@@H](NC(=O)OC)C(C)C)C1.COC(=O)N[C@H](C(=O)N1CCC[C@H]1c1ncc(-c2ccc3cc(B4OC(C)(C)C(C)(C)O4)ccc3c2)[nH]1)C(C)C. The Bertz CT molecular complexity index is 5860. The van der Waals surface area contributed by atoms with Gasteiger partial charge in [0.1, 0.15) is 47.5 Å². The molecular formula is C98H118BBrN16O14. The molecule has 8 atom stereocenters. The number of amides is 8. The Morgan fingerprint density at radius 3 is 1.16 bits per heavy atom. The minimum Gasteiger partial charge on any atom is -0.453 e. The lowest BCUT2D eigenvalue weighted by molar-refractivity contribution is -0.136. The fraction of sp³-hybridized carbons (Fsp3) is 0.429. The topological polar surface area (TPSA) is 368 Å². The average Bonchev–Trinajstić information content (AvgIpc) is 1.58. The van der Waals surface area contributed by atoms with Gasteiger partial charge in [0.2, 0.25) is 23.6 Å². The second-order valence-corrected chi connectivity index (χ2v) is 38.1. The summed E-state index contributed by atoms with van der Waals surface area (Å²) in [5.74, 6) is 1.84. The van der Waals surface area contributed by atoms with Gasteiger partial charge in [0.25, 0.3) is 0 Å². The van der Waals surface area contributed by atoms with E-state index in [1.54, 1.807) is 22.2 Å². The van der Waals surface area contributed by atoms with Gasteiger partial charge in [0.15, 0.2) is 0 Å². The number of ether oxygens (including phenoxy) is 4. The van der Waals surface area contributed by atoms with Gasteiger partial charge in [-0.2, -0.15) is 0 Å². The maximum absolute atomic E-state index is 13.9. The molecule has 4 aromatic heterocycles. The zero-order valence-electron chi connectivity index (χ0n) is 76.7. The number of likely N-dealkylation sites (tertiary alicyclic amines) is 4. The molecule has 5 saturated heterocycles. The van der Waals surface area contributed by atoms with Crippen LogP contribution in [0, 0.1) is 29.1 Å². The molecule has 1 spiro atoms. The summed E-state index contributed by atoms with van der Waals surface area (Å²) < 4.78 is 32.5. The van der Waals surface area contributed by atoms with Crippen LogP contribution in [0.5, 0.6) is 0 Å². The normalized spacial score (nSPS) is 19.3. The van der Waals surface area contributed by atoms with Crippen molar-refractivity contribution >= 4 is 98.1 Å². The standard InChI is InChI=1S/C47H54N8O6.C30H39BN4O5.C21H25BrN4O3/c1-26(2)39(52-45(58)60-6)43(56)54-24-28(5)18-37(54)41-48-22-35(50-41)30-10-8-29(9-11-30)31-12-13-33-20-34(15-14-32(33)19-31)36-23-49-42(51-36)38-21-47(16-17-47)25-55(38)44(57)40(27(3)4)53-46(59)61-7;1-18(2)25(34-28(37)38-7)27(36)35-14-8-9-24(35)26-32-17-23(33-26)21-11-10-20-16-22(13-12-19(20)15-21)31-39-29(3,4)30(5,6)40-31;1-12(2)18(25-21(28)29-4)20(27)26-11-13(3)9-17(26)19-23-10-16(24-19)14-5-7-15(22)8-6-14/h8-15,19-20,22-23,26-27,37-40H,5,16-18,21,24-25H2,1-4,6-7H3,(H,48,50)(H,49,51)(H,52,58)(H,53,59);10-13,15-18,24-25H,8-9,14H2,1-7H3,(H,32,33)(H,34,37);5-8,10,12,17-18H,3,9,11H2,1-2,4H3,(H,23,24)(H,25,28)/t37-,38-,39-,40-;24-,25-;17-,18-/m000/s1. The van der Waals surface area contributed by atoms with Crippen molar-refractivity contribution in [3.8, 4) is 56.2 Å². The minimum atomic E-state index is -0.740. The van der Waals surface area contributed by atoms with Gasteiger partial charge in [-0.25, -0.2) is 39.1 Å². The third-order valence-corrected chi connectivity index (χ3v) is 26.6. The van der Waals surface area contributed by atoms with Gasteiger partial charge in [0, 0.05) is 41.8 Å². The van der Waals surface area contributed by atoms with E-state index < -0.39 is 55.7 Å². The van der Waals surface area contributed by atoms with Gasteiger partial charge >= 0.3 is 31.5 Å². The smallest absolute Gasteiger partial charge is 0.453 e. The van der Waals surface area contributed by atoms with E-state index in [1.807, 2.05) is 102 Å². The van der Waals surface area contributed by atoms with Crippen LogP contribution < -0.4 is 26.7 Å². The summed E-state index contributed by atoms with van der Waals surface area (Å²) in [6.07, 6.45) is 10.6. The van der Waals surface area contributed by atoms with Crippen LogP contribution in [-0.2, 0) is 47.4 Å². The molecule has 1 aliphatic carbocycles. The van der Waals surface area contributed by atoms with Gasteiger partial charge in [-0.1, -0.05) is 187 Å². The van der Waals surface area contributed by atoms with E-state index in [0.29, 0.717) is 50.7 Å². The van der Waals surface area contributed by atoms with Crippen LogP contribution in [0.25, 0.3) is 77.7 Å². The number of nitrogens with zero attached hydrogens (tertiary/aromatic N) is 8. The number of benzene rings is 6. The molecule has 9 heterocycles. The number of hydrogen-bond acceptors (Lipinski definition) is 18. The van der Waals surface area contributed by atoms with Crippen LogP contribution in [0.4, 0.5) is 19.2 Å². The summed E-state index contributed by atoms with van der Waals surface area (Å²) in [5, 5.41) is 15.2. The quantitative estimate of drug-likeness (QED) is 0.0177. The van der Waals surface area contributed by atoms with Crippen LogP contribution >= 0.6 is 15.9 Å². The van der Waals surface area contributed by atoms with Gasteiger partial charge in [-0.3, -0.25) is 19.2 Å². The zero-order valence-corrected chi connectivity index (χ0v) is 78.3. The van der Waals surface area contributed by atoms with E-state index in [1.165, 1.54) is 28.4 Å². The monoisotopic (exact) mass is 1830 g/mol. The number of rotatable bonds is 22. The number of aromatic amines is 4. The van der Waals surface area contributed by atoms with Crippen LogP contribution in [-0.4, -0.2) is 205 Å². The number of alkyl carbamates (subject to hydrolysis) is 4. The molecule has 6 aromatic carbocycles. The van der Waals surface area contributed by atoms with Crippen molar-refractivity contribution in [3.05, 3.63) is 198 Å². The molecule has 32 heteroatoms. The summed E-state index contributed by atoms with van der Waals surface area (Å²) in [4.78, 5) is 142. The maximum Gasteiger partial charge on any atom is 0.494 e. The molecule has 16 rings (SSSR count). The number of nitrogens with one attached hydrogen (secondary N) is 8. The van der Waals surface area contributed by atoms with Gasteiger partial charge in [-0.05, 0) is 181 Å². The molecule has 6 fully saturated rings. The first-order chi connectivity index (χ1) is 61.9. The van der Waals surface area contributed by atoms with Crippen molar-refractivity contribution in [2.24, 2.45) is 29.1 Å². The Morgan fingerprint density at radius 1 is 0.431 bits per heavy atom. The van der Waals surface area contributed by atoms with Crippen molar-refractivity contribution in [2.75, 3.05) is 54.6 Å². The van der Waals surface area contributed by atoms with E-state index in [9.17, 15) is 38.4 Å². The number of fused-ring (bicyclic) bond motifs is 2. The van der Waals surface area contributed by atoms with Crippen molar-refractivity contribution in [1.29, 1.82) is 0 Å². The number of imidazole rings is 4. The van der Waals surface area contributed by atoms with E-state index in [4.69, 9.17) is 28.5 Å². The molecule has 6 aliphatic rings. The highest BCUT2D eigenvalue weighted by Gasteiger charge is 2.56. The Balaban J connectivity index is 0.000000170. The lowest BCUT2D eigenvalue weighted by Crippen LogP contribution is -2.51. The minimum absolute atomic E-state index is 0.0806. The number of H-pyrrole nitrogens is 4. The average molecular weight is 1830 g/mol. The van der Waals surface area contributed by atoms with Crippen molar-refractivity contribution in [3.63, 3.8) is 0 Å². The first kappa shape index (κ1) is 93.7. The molecule has 10 aromatic rings. The number of halogens is 1. The Morgan fingerprint density at radius 2 is 0.762 bits per heavy atom. The molecule has 0 bridgehead atoms. The van der Waals surface area contributed by atoms with Crippen LogP contribution in [0.1, 0.15) is 175 Å². The second kappa shape index (κ2) is 39.1. The molecule has 1 saturated carbocycles. The van der Waals surface area contributed by atoms with Crippen LogP contribution in [0.3, 0.4) is 0 Å². The fourth-order valence-electron chi connectivity index (χ4n) is 17.7. The number of carbonyl (C=O) groups excluding carboxylic acids is 8. The molecule has 8 amide bonds. The summed E-state index contributed by atoms with van der Waals surface area (Å²) in [5.41, 5.74) is 11.8. The first-order valence-corrected chi connectivity index (χ1v) is 45.2. The summed E-state index contributed by atoms with van der Waals surface area (Å²) >= 11 is 3.44. The van der Waals surface area contributed by atoms with E-state index in [-0.39, 0.29) is 88.1 Å². The van der Waals surface area contributed by atoms with E-state index >= 15 is 0 Å². The highest BCUT2D eigenvalue weighted by Crippen LogP contribution is 2.59. The van der Waals surface area contributed by atoms with Crippen molar-refractivity contribution in [1.82, 2.24) is 80.7 Å². The highest BCUT2D eigenvalue weighted by atomic mass is 79.9. The highest BCUT2D eigenvalue weighted by molar-refractivity contribution is 9.10. The third-order valence-electron chi connectivity index (χ3n) is 26.1. The predicted molar refractivity (Wildman–Crippen MR) is 501 cm³/mol. The van der Waals surface area contributed by atoms with Gasteiger partial charge < -0.3 is 89.1 Å². The lowest BCUT2D eigenvalue weighted by Gasteiger charge is -2.32. The Labute approximate surface area is 766 Å². The van der Waals surface area contributed by atoms with Crippen molar-refractivity contribution in [2.45, 2.75) is 188 Å². The molecule has 5 aliphatic heterocycles. The van der Waals surface area contributed by atoms with Crippen LogP contribution in [0.15, 0.2) is 175 Å². The number of hydrogen-bond donors (Lipinski definition) is 8. The molecular weight excluding hydrogens is 1720 g/mol. The van der Waals surface area contributed by atoms with E-state index in [0.717, 1.165) is 143 Å². The maximum atomic E-state index is 13.9. The molecule has 30 nitrogen and oxygen atoms in total. The number of methoxy groups -OCH3 is 4. The zero-order chi connectivity index (χ0) is 93.1. The second-order valence-electron chi connectivity index (χ2n) is 37.2. The summed E-state index contributed by atoms with van der Waals surface area (Å²) in [6.45, 7) is 33.8. The lowest BCUT2D eigenvalue weighted by atomic mass is 9.78. The number of carbonyl (C=O) groups is 8. The van der Waals surface area contributed by atoms with Gasteiger partial charge in [-0.15, -0.1) is 0 Å². The van der Waals surface area contributed by atoms with Crippen molar-refractivity contribution < 1.29 is 66.6 Å². The van der Waals surface area contributed by atoms with Crippen LogP contribution in [0.2, 0.25) is 0 Å². The summed E-state index contributed by atoms with van der Waals surface area (Å²) in [6, 6.07) is 37.8. The predicted octanol–water partition coefficient (Wildman–Crippen LogP) is 16.6. The fourth-order valence-corrected chi connectivity index (χ4v) is 17.9. The van der Waals surface area contributed by atoms with E-state index in [2.05, 4.69) is 215 Å². The molecule has 0 radical (unpaired) electrons. The Kier molecular flexibility index (Phi) is 28.2. The molecule has 8 N–H and O–H groups in total. The third kappa shape index (κ3) is 20.6. The number of aromatic nitrogens is 8. The first-order valence-electron chi connectivity index (χ1n) is 44.4. The largest absolute Gasteiger partial charge is 0.494 e. The molecule has 130 heavy (non-hydrogen) atoms. The van der Waals surface area contributed by atoms with Gasteiger partial charge in [0.05, 0.1) is 111 Å².